The largest absolute Gasteiger partial charge is 0.269 e. The van der Waals surface area contributed by atoms with E-state index in [-0.39, 0.29) is 0 Å². The number of thiophene rings is 1. The van der Waals surface area contributed by atoms with Crippen LogP contribution in [0.5, 0.6) is 0 Å². The summed E-state index contributed by atoms with van der Waals surface area (Å²) in [5.41, 5.74) is 1.39. The van der Waals surface area contributed by atoms with Crippen LogP contribution in [0.2, 0.25) is 0 Å². The molecule has 0 aromatic carbocycles. The van der Waals surface area contributed by atoms with Crippen LogP contribution in [0, 0.1) is 0 Å². The van der Waals surface area contributed by atoms with Gasteiger partial charge in [-0.3, -0.25) is 4.99 Å². The second-order valence-electron chi connectivity index (χ2n) is 2.16. The van der Waals surface area contributed by atoms with Crippen LogP contribution in [-0.2, 0) is 6.42 Å². The normalized spacial score (nSPS) is 14.8. The van der Waals surface area contributed by atoms with Gasteiger partial charge in [-0.15, -0.1) is 11.3 Å². The minimum atomic E-state index is 0.978. The van der Waals surface area contributed by atoms with Crippen molar-refractivity contribution in [1.29, 1.82) is 0 Å². The summed E-state index contributed by atoms with van der Waals surface area (Å²) in [5.74, 6) is 0. The lowest BCUT2D eigenvalue weighted by Gasteiger charge is -1.88. The van der Waals surface area contributed by atoms with Crippen molar-refractivity contribution in [3.63, 3.8) is 0 Å². The molecular weight excluding hydrogens is 142 g/mol. The molecule has 0 spiro atoms. The van der Waals surface area contributed by atoms with E-state index >= 15 is 0 Å². The molecule has 1 aliphatic heterocycles. The first kappa shape index (κ1) is 5.86. The molecule has 0 atom stereocenters. The molecule has 0 fully saturated rings. The quantitative estimate of drug-likeness (QED) is 0.537. The van der Waals surface area contributed by atoms with Gasteiger partial charge in [-0.25, -0.2) is 0 Å². The molecule has 50 valence electrons. The second-order valence-corrected chi connectivity index (χ2v) is 3.11. The third-order valence-electron chi connectivity index (χ3n) is 1.51. The van der Waals surface area contributed by atoms with Gasteiger partial charge in [0.1, 0.15) is 0 Å². The average Bonchev–Trinajstić information content (AvgIpc) is 2.28. The third-order valence-corrected chi connectivity index (χ3v) is 2.43. The number of aliphatic imine (C=N–C) groups is 1. The molecular formula is C8H7NS. The Kier molecular flexibility index (Phi) is 1.40. The zero-order chi connectivity index (χ0) is 6.81. The summed E-state index contributed by atoms with van der Waals surface area (Å²) in [4.78, 5) is 5.40. The highest BCUT2D eigenvalue weighted by Gasteiger charge is 2.00. The van der Waals surface area contributed by atoms with Crippen LogP contribution in [0.25, 0.3) is 6.08 Å². The molecule has 1 aliphatic rings. The first-order valence-electron chi connectivity index (χ1n) is 3.21. The van der Waals surface area contributed by atoms with Crippen molar-refractivity contribution in [3.8, 4) is 0 Å². The van der Waals surface area contributed by atoms with Crippen molar-refractivity contribution in [2.24, 2.45) is 4.99 Å². The highest BCUT2D eigenvalue weighted by molar-refractivity contribution is 7.11. The highest BCUT2D eigenvalue weighted by Crippen LogP contribution is 2.19. The van der Waals surface area contributed by atoms with Gasteiger partial charge in [-0.2, -0.15) is 0 Å². The summed E-state index contributed by atoms with van der Waals surface area (Å²) in [5, 5.41) is 2.12. The van der Waals surface area contributed by atoms with Gasteiger partial charge in [-0.1, -0.05) is 0 Å². The highest BCUT2D eigenvalue weighted by atomic mass is 32.1. The van der Waals surface area contributed by atoms with Crippen LogP contribution in [-0.4, -0.2) is 6.21 Å². The minimum absolute atomic E-state index is 0.978. The van der Waals surface area contributed by atoms with Gasteiger partial charge in [0.25, 0.3) is 0 Å². The average molecular weight is 149 g/mol. The maximum Gasteiger partial charge on any atom is 0.0321 e. The zero-order valence-electron chi connectivity index (χ0n) is 5.45. The number of fused-ring (bicyclic) bond motifs is 1. The molecule has 0 saturated carbocycles. The number of rotatable bonds is 0. The molecule has 0 saturated heterocycles. The van der Waals surface area contributed by atoms with Gasteiger partial charge in [0, 0.05) is 23.7 Å². The number of hydrogen-bond acceptors (Lipinski definition) is 2. The van der Waals surface area contributed by atoms with Gasteiger partial charge < -0.3 is 0 Å². The molecule has 2 rings (SSSR count). The molecule has 10 heavy (non-hydrogen) atoms. The molecule has 1 aromatic heterocycles. The van der Waals surface area contributed by atoms with Gasteiger partial charge in [0.15, 0.2) is 0 Å². The van der Waals surface area contributed by atoms with E-state index in [0.717, 1.165) is 6.42 Å². The summed E-state index contributed by atoms with van der Waals surface area (Å²) >= 11 is 1.77. The van der Waals surface area contributed by atoms with Crippen molar-refractivity contribution in [2.45, 2.75) is 6.42 Å². The Hall–Kier alpha value is -0.890. The first-order valence-corrected chi connectivity index (χ1v) is 4.09. The Labute approximate surface area is 63.7 Å². The van der Waals surface area contributed by atoms with E-state index in [2.05, 4.69) is 22.5 Å². The fourth-order valence-corrected chi connectivity index (χ4v) is 1.81. The van der Waals surface area contributed by atoms with Gasteiger partial charge in [0.05, 0.1) is 0 Å². The van der Waals surface area contributed by atoms with Crippen molar-refractivity contribution >= 4 is 23.6 Å². The van der Waals surface area contributed by atoms with Crippen molar-refractivity contribution < 1.29 is 0 Å². The Morgan fingerprint density at radius 1 is 1.50 bits per heavy atom. The summed E-state index contributed by atoms with van der Waals surface area (Å²) in [7, 11) is 0. The predicted octanol–water partition coefficient (Wildman–Crippen LogP) is 2.35. The molecule has 0 amide bonds. The monoisotopic (exact) mass is 149 g/mol. The maximum atomic E-state index is 4.06. The van der Waals surface area contributed by atoms with Crippen molar-refractivity contribution in [1.82, 2.24) is 0 Å². The standard InChI is InChI=1S/C8H7NS/c1-4-9-5-2-8-7(1)3-6-10-8/h2-6H,1H2. The van der Waals surface area contributed by atoms with E-state index in [1.54, 1.807) is 11.3 Å². The van der Waals surface area contributed by atoms with E-state index < -0.39 is 0 Å². The lowest BCUT2D eigenvalue weighted by Crippen LogP contribution is -1.81. The van der Waals surface area contributed by atoms with Crippen LogP contribution < -0.4 is 0 Å². The second kappa shape index (κ2) is 2.39. The molecule has 0 bridgehead atoms. The fourth-order valence-electron chi connectivity index (χ4n) is 0.985. The molecule has 1 nitrogen and oxygen atoms in total. The van der Waals surface area contributed by atoms with Crippen LogP contribution in [0.15, 0.2) is 22.6 Å². The third kappa shape index (κ3) is 0.907. The summed E-state index contributed by atoms with van der Waals surface area (Å²) in [6.07, 6.45) is 6.83. The number of hydrogen-bond donors (Lipinski definition) is 0. The Morgan fingerprint density at radius 3 is 3.50 bits per heavy atom. The molecule has 2 heteroatoms. The maximum absolute atomic E-state index is 4.06. The first-order chi connectivity index (χ1) is 4.97. The van der Waals surface area contributed by atoms with E-state index in [1.165, 1.54) is 10.4 Å². The minimum Gasteiger partial charge on any atom is -0.269 e. The van der Waals surface area contributed by atoms with Gasteiger partial charge in [0.2, 0.25) is 0 Å². The Bertz CT molecular complexity index is 283. The SMILES string of the molecule is C1=Cc2sccc2CC=N1. The molecule has 0 aliphatic carbocycles. The zero-order valence-corrected chi connectivity index (χ0v) is 6.27. The fraction of sp³-hybridized carbons (Fsp3) is 0.125. The van der Waals surface area contributed by atoms with Crippen LogP contribution >= 0.6 is 11.3 Å². The lowest BCUT2D eigenvalue weighted by atomic mass is 10.2. The van der Waals surface area contributed by atoms with Crippen LogP contribution in [0.1, 0.15) is 10.4 Å². The van der Waals surface area contributed by atoms with E-state index in [4.69, 9.17) is 0 Å². The van der Waals surface area contributed by atoms with E-state index in [1.807, 2.05) is 12.4 Å². The van der Waals surface area contributed by atoms with Crippen molar-refractivity contribution in [2.75, 3.05) is 0 Å². The molecule has 2 heterocycles. The summed E-state index contributed by atoms with van der Waals surface area (Å²) in [6.45, 7) is 0. The summed E-state index contributed by atoms with van der Waals surface area (Å²) < 4.78 is 0. The Morgan fingerprint density at radius 2 is 2.50 bits per heavy atom. The van der Waals surface area contributed by atoms with E-state index in [9.17, 15) is 0 Å². The predicted molar refractivity (Wildman–Crippen MR) is 45.5 cm³/mol. The number of nitrogens with zero attached hydrogens (tertiary/aromatic N) is 1. The molecule has 1 aromatic rings. The van der Waals surface area contributed by atoms with E-state index in [0.29, 0.717) is 0 Å². The van der Waals surface area contributed by atoms with Crippen LogP contribution in [0.4, 0.5) is 0 Å². The van der Waals surface area contributed by atoms with Crippen LogP contribution in [0.3, 0.4) is 0 Å². The Balaban J connectivity index is 2.50. The summed E-state index contributed by atoms with van der Waals surface area (Å²) in [6, 6.07) is 2.15. The molecule has 0 unspecified atom stereocenters. The smallest absolute Gasteiger partial charge is 0.0321 e. The molecule has 0 N–H and O–H groups in total. The van der Waals surface area contributed by atoms with Gasteiger partial charge in [-0.05, 0) is 23.1 Å². The molecule has 0 radical (unpaired) electrons. The lowest BCUT2D eigenvalue weighted by molar-refractivity contribution is 1.39. The van der Waals surface area contributed by atoms with Gasteiger partial charge >= 0.3 is 0 Å². The van der Waals surface area contributed by atoms with Crippen molar-refractivity contribution in [3.05, 3.63) is 28.1 Å². The topological polar surface area (TPSA) is 12.4 Å².